The molecule has 0 spiro atoms. The lowest BCUT2D eigenvalue weighted by molar-refractivity contribution is -0.117. The number of carbonyl (C=O) groups is 2. The molecule has 1 aliphatic heterocycles. The van der Waals surface area contributed by atoms with Gasteiger partial charge in [-0.1, -0.05) is 23.7 Å². The zero-order chi connectivity index (χ0) is 21.4. The van der Waals surface area contributed by atoms with E-state index < -0.39 is 0 Å². The van der Waals surface area contributed by atoms with E-state index >= 15 is 0 Å². The number of ether oxygens (including phenoxy) is 1. The van der Waals surface area contributed by atoms with Crippen LogP contribution < -0.4 is 9.75 Å². The fraction of sp³-hybridized carbons (Fsp3) is 0.143. The van der Waals surface area contributed by atoms with Crippen LogP contribution in [0.4, 0.5) is 0 Å². The molecule has 0 radical (unpaired) electrons. The second-order valence-electron chi connectivity index (χ2n) is 6.52. The molecular formula is C21H17ClN4O3S. The number of amides is 1. The van der Waals surface area contributed by atoms with E-state index in [1.54, 1.807) is 36.1 Å². The maximum atomic E-state index is 12.8. The highest BCUT2D eigenvalue weighted by Gasteiger charge is 2.35. The van der Waals surface area contributed by atoms with Crippen LogP contribution in [0.25, 0.3) is 17.1 Å². The molecule has 9 heteroatoms. The Bertz CT molecular complexity index is 1170. The van der Waals surface area contributed by atoms with Gasteiger partial charge >= 0.3 is 0 Å². The van der Waals surface area contributed by atoms with Crippen molar-refractivity contribution in [1.82, 2.24) is 14.9 Å². The Balaban J connectivity index is 1.92. The maximum Gasteiger partial charge on any atom is 0.243 e. The average Bonchev–Trinajstić information content (AvgIpc) is 3.16. The summed E-state index contributed by atoms with van der Waals surface area (Å²) in [6.45, 7) is 2.90. The average molecular weight is 441 g/mol. The van der Waals surface area contributed by atoms with Crippen molar-refractivity contribution in [2.45, 2.75) is 19.0 Å². The standard InChI is InChI=1S/C21H17ClN4O3S/c1-12(27)19-18(14-4-8-16(22)9-5-14)25(13(2)28)26-20(23-24-21(26)30-19)15-6-10-17(29-3)11-7-15/h4-11H,1-3H3. The van der Waals surface area contributed by atoms with E-state index in [1.807, 2.05) is 24.3 Å². The lowest BCUT2D eigenvalue weighted by atomic mass is 10.1. The number of benzene rings is 2. The van der Waals surface area contributed by atoms with E-state index in [1.165, 1.54) is 30.6 Å². The predicted octanol–water partition coefficient (Wildman–Crippen LogP) is 4.16. The number of fused-ring (bicyclic) bond motifs is 1. The van der Waals surface area contributed by atoms with Crippen molar-refractivity contribution >= 4 is 40.8 Å². The van der Waals surface area contributed by atoms with Gasteiger partial charge < -0.3 is 4.74 Å². The molecular weight excluding hydrogens is 424 g/mol. The minimum Gasteiger partial charge on any atom is -0.497 e. The monoisotopic (exact) mass is 440 g/mol. The number of allylic oxidation sites excluding steroid dienone is 1. The summed E-state index contributed by atoms with van der Waals surface area (Å²) < 4.78 is 6.85. The predicted molar refractivity (Wildman–Crippen MR) is 116 cm³/mol. The number of methoxy groups -OCH3 is 1. The van der Waals surface area contributed by atoms with Crippen molar-refractivity contribution in [1.29, 1.82) is 0 Å². The van der Waals surface area contributed by atoms with Gasteiger partial charge in [-0.25, -0.2) is 5.01 Å². The molecule has 1 aromatic heterocycles. The number of nitrogens with zero attached hydrogens (tertiary/aromatic N) is 4. The van der Waals surface area contributed by atoms with Gasteiger partial charge in [0.2, 0.25) is 11.1 Å². The number of hydrogen-bond donors (Lipinski definition) is 0. The summed E-state index contributed by atoms with van der Waals surface area (Å²) in [6.07, 6.45) is 0. The SMILES string of the molecule is COc1ccc(-c2nnc3n2N(C(C)=O)C(c2ccc(Cl)cc2)=C(C(C)=O)S3)cc1. The number of thioether (sulfide) groups is 1. The Kier molecular flexibility index (Phi) is 5.36. The summed E-state index contributed by atoms with van der Waals surface area (Å²) in [5, 5.41) is 10.9. The van der Waals surface area contributed by atoms with E-state index in [-0.39, 0.29) is 11.7 Å². The zero-order valence-electron chi connectivity index (χ0n) is 16.4. The third kappa shape index (κ3) is 3.48. The van der Waals surface area contributed by atoms with E-state index in [0.717, 1.165) is 5.56 Å². The summed E-state index contributed by atoms with van der Waals surface area (Å²) in [5.41, 5.74) is 1.91. The van der Waals surface area contributed by atoms with Crippen LogP contribution in [0.1, 0.15) is 19.4 Å². The molecule has 0 atom stereocenters. The first-order valence-corrected chi connectivity index (χ1v) is 10.2. The summed E-state index contributed by atoms with van der Waals surface area (Å²) in [7, 11) is 1.59. The summed E-state index contributed by atoms with van der Waals surface area (Å²) in [5.74, 6) is 0.728. The lowest BCUT2D eigenvalue weighted by Gasteiger charge is -2.32. The molecule has 2 aromatic carbocycles. The maximum absolute atomic E-state index is 12.8. The van der Waals surface area contributed by atoms with E-state index in [9.17, 15) is 9.59 Å². The van der Waals surface area contributed by atoms with Crippen molar-refractivity contribution in [3.63, 3.8) is 0 Å². The summed E-state index contributed by atoms with van der Waals surface area (Å²) >= 11 is 7.22. The molecule has 0 unspecified atom stereocenters. The molecule has 0 N–H and O–H groups in total. The van der Waals surface area contributed by atoms with Crippen molar-refractivity contribution in [2.75, 3.05) is 12.1 Å². The van der Waals surface area contributed by atoms with Crippen LogP contribution in [0.15, 0.2) is 58.6 Å². The molecule has 30 heavy (non-hydrogen) atoms. The molecule has 0 saturated carbocycles. The van der Waals surface area contributed by atoms with Crippen LogP contribution >= 0.6 is 23.4 Å². The van der Waals surface area contributed by atoms with Crippen molar-refractivity contribution in [3.8, 4) is 17.1 Å². The van der Waals surface area contributed by atoms with Gasteiger partial charge in [0.15, 0.2) is 11.6 Å². The molecule has 7 nitrogen and oxygen atoms in total. The van der Waals surface area contributed by atoms with Crippen LogP contribution in [0.5, 0.6) is 5.75 Å². The van der Waals surface area contributed by atoms with Crippen molar-refractivity contribution in [3.05, 3.63) is 64.0 Å². The third-order valence-corrected chi connectivity index (χ3v) is 5.89. The van der Waals surface area contributed by atoms with Crippen LogP contribution in [0.2, 0.25) is 5.02 Å². The Morgan fingerprint density at radius 1 is 0.967 bits per heavy atom. The third-order valence-electron chi connectivity index (χ3n) is 4.52. The molecule has 2 heterocycles. The van der Waals surface area contributed by atoms with Crippen molar-refractivity contribution < 1.29 is 14.3 Å². The van der Waals surface area contributed by atoms with Gasteiger partial charge in [0.25, 0.3) is 0 Å². The van der Waals surface area contributed by atoms with E-state index in [4.69, 9.17) is 16.3 Å². The number of hydrogen-bond acceptors (Lipinski definition) is 6. The fourth-order valence-electron chi connectivity index (χ4n) is 3.16. The molecule has 0 saturated heterocycles. The molecule has 1 aliphatic rings. The highest BCUT2D eigenvalue weighted by molar-refractivity contribution is 8.04. The summed E-state index contributed by atoms with van der Waals surface area (Å²) in [6, 6.07) is 14.3. The van der Waals surface area contributed by atoms with Crippen LogP contribution in [-0.2, 0) is 9.59 Å². The molecule has 1 amide bonds. The van der Waals surface area contributed by atoms with Gasteiger partial charge in [0.1, 0.15) is 5.75 Å². The minimum absolute atomic E-state index is 0.170. The number of carbonyl (C=O) groups excluding carboxylic acids is 2. The number of halogens is 1. The Hall–Kier alpha value is -3.10. The second-order valence-corrected chi connectivity index (χ2v) is 7.93. The topological polar surface area (TPSA) is 77.3 Å². The van der Waals surface area contributed by atoms with Crippen LogP contribution in [-0.4, -0.2) is 33.7 Å². The Morgan fingerprint density at radius 2 is 1.60 bits per heavy atom. The second kappa shape index (κ2) is 7.97. The fourth-order valence-corrected chi connectivity index (χ4v) is 4.25. The van der Waals surface area contributed by atoms with Gasteiger partial charge in [-0.15, -0.1) is 10.2 Å². The smallest absolute Gasteiger partial charge is 0.243 e. The highest BCUT2D eigenvalue weighted by atomic mass is 35.5. The Labute approximate surface area is 182 Å². The van der Waals surface area contributed by atoms with Gasteiger partial charge in [-0.3, -0.25) is 9.59 Å². The van der Waals surface area contributed by atoms with Crippen molar-refractivity contribution in [2.24, 2.45) is 0 Å². The largest absolute Gasteiger partial charge is 0.497 e. The first-order valence-electron chi connectivity index (χ1n) is 9.00. The van der Waals surface area contributed by atoms with Gasteiger partial charge in [0, 0.05) is 23.1 Å². The first-order chi connectivity index (χ1) is 14.4. The number of Topliss-reactive ketones (excluding diaryl/α,β-unsaturated/α-hetero) is 1. The van der Waals surface area contributed by atoms with E-state index in [2.05, 4.69) is 10.2 Å². The van der Waals surface area contributed by atoms with E-state index in [0.29, 0.717) is 37.9 Å². The molecule has 0 bridgehead atoms. The van der Waals surface area contributed by atoms with Crippen LogP contribution in [0, 0.1) is 0 Å². The van der Waals surface area contributed by atoms with Gasteiger partial charge in [-0.2, -0.15) is 4.68 Å². The summed E-state index contributed by atoms with van der Waals surface area (Å²) in [4.78, 5) is 25.7. The van der Waals surface area contributed by atoms with Crippen LogP contribution in [0.3, 0.4) is 0 Å². The number of ketones is 1. The molecule has 0 fully saturated rings. The molecule has 3 aromatic rings. The number of rotatable bonds is 4. The molecule has 0 aliphatic carbocycles. The highest BCUT2D eigenvalue weighted by Crippen LogP contribution is 2.41. The normalized spacial score (nSPS) is 13.3. The Morgan fingerprint density at radius 3 is 2.17 bits per heavy atom. The first kappa shape index (κ1) is 20.2. The quantitative estimate of drug-likeness (QED) is 0.606. The molecule has 152 valence electrons. The minimum atomic E-state index is -0.283. The zero-order valence-corrected chi connectivity index (χ0v) is 18.0. The lowest BCUT2D eigenvalue weighted by Crippen LogP contribution is -2.41. The number of aromatic nitrogens is 3. The van der Waals surface area contributed by atoms with Gasteiger partial charge in [0.05, 0.1) is 17.7 Å². The molecule has 4 rings (SSSR count). The van der Waals surface area contributed by atoms with Gasteiger partial charge in [-0.05, 0) is 55.1 Å².